The van der Waals surface area contributed by atoms with E-state index in [-0.39, 0.29) is 34.8 Å². The molecule has 0 fully saturated rings. The Hall–Kier alpha value is -3.47. The van der Waals surface area contributed by atoms with Crippen LogP contribution in [0.4, 0.5) is 13.2 Å². The van der Waals surface area contributed by atoms with Gasteiger partial charge in [0, 0.05) is 23.5 Å². The molecule has 154 valence electrons. The zero-order chi connectivity index (χ0) is 21.3. The zero-order valence-electron chi connectivity index (χ0n) is 15.2. The van der Waals surface area contributed by atoms with E-state index in [2.05, 4.69) is 10.1 Å². The minimum absolute atomic E-state index is 0.0128. The van der Waals surface area contributed by atoms with Gasteiger partial charge in [-0.15, -0.1) is 0 Å². The first-order valence-electron chi connectivity index (χ1n) is 8.62. The normalized spacial score (nSPS) is 11.7. The van der Waals surface area contributed by atoms with Gasteiger partial charge in [0.05, 0.1) is 18.4 Å². The fourth-order valence-corrected chi connectivity index (χ4v) is 3.46. The standard InChI is InChI=1S/C19H14F3N5O2S/c20-19(21,22)30-15-4-2-14(3-5-15)27-17(28)12-25(18(27)29)11-13-6-8-23-16(10-13)26-9-1-7-24-26/h1-10,12,28H,11H2. The Morgan fingerprint density at radius 2 is 1.87 bits per heavy atom. The highest BCUT2D eigenvalue weighted by Gasteiger charge is 2.29. The average molecular weight is 433 g/mol. The highest BCUT2D eigenvalue weighted by atomic mass is 32.2. The first-order valence-corrected chi connectivity index (χ1v) is 9.44. The maximum Gasteiger partial charge on any atom is 0.446 e. The van der Waals surface area contributed by atoms with Crippen LogP contribution >= 0.6 is 11.8 Å². The molecule has 0 bridgehead atoms. The molecule has 0 radical (unpaired) electrons. The van der Waals surface area contributed by atoms with E-state index in [0.717, 1.165) is 10.1 Å². The van der Waals surface area contributed by atoms with Gasteiger partial charge < -0.3 is 5.11 Å². The van der Waals surface area contributed by atoms with E-state index in [9.17, 15) is 23.1 Å². The molecule has 0 saturated heterocycles. The van der Waals surface area contributed by atoms with Crippen molar-refractivity contribution in [3.05, 3.63) is 83.3 Å². The van der Waals surface area contributed by atoms with Gasteiger partial charge in [-0.1, -0.05) is 0 Å². The lowest BCUT2D eigenvalue weighted by Crippen LogP contribution is -2.23. The smallest absolute Gasteiger partial charge is 0.446 e. The lowest BCUT2D eigenvalue weighted by atomic mass is 10.2. The van der Waals surface area contributed by atoms with Crippen molar-refractivity contribution in [1.29, 1.82) is 0 Å². The van der Waals surface area contributed by atoms with E-state index in [1.165, 1.54) is 35.0 Å². The lowest BCUT2D eigenvalue weighted by molar-refractivity contribution is -0.0328. The number of aromatic hydroxyl groups is 1. The van der Waals surface area contributed by atoms with Crippen molar-refractivity contribution in [2.45, 2.75) is 16.9 Å². The van der Waals surface area contributed by atoms with Crippen LogP contribution in [0.15, 0.2) is 76.9 Å². The number of pyridine rings is 1. The molecular formula is C19H14F3N5O2S. The predicted molar refractivity (Wildman–Crippen MR) is 104 cm³/mol. The van der Waals surface area contributed by atoms with E-state index in [1.807, 2.05) is 0 Å². The second kappa shape index (κ2) is 7.75. The SMILES string of the molecule is O=c1n(Cc2ccnc(-n3cccn3)c2)cc(O)n1-c1ccc(SC(F)(F)F)cc1. The highest BCUT2D eigenvalue weighted by molar-refractivity contribution is 8.00. The van der Waals surface area contributed by atoms with Gasteiger partial charge in [0.1, 0.15) is 0 Å². The van der Waals surface area contributed by atoms with Crippen molar-refractivity contribution < 1.29 is 18.3 Å². The van der Waals surface area contributed by atoms with Gasteiger partial charge in [-0.05, 0) is 59.8 Å². The molecule has 0 atom stereocenters. The zero-order valence-corrected chi connectivity index (χ0v) is 16.0. The summed E-state index contributed by atoms with van der Waals surface area (Å²) in [4.78, 5) is 17.0. The minimum atomic E-state index is -4.40. The van der Waals surface area contributed by atoms with Crippen molar-refractivity contribution in [2.24, 2.45) is 0 Å². The summed E-state index contributed by atoms with van der Waals surface area (Å²) >= 11 is -0.248. The summed E-state index contributed by atoms with van der Waals surface area (Å²) in [5.41, 5.74) is -3.91. The lowest BCUT2D eigenvalue weighted by Gasteiger charge is -2.07. The molecule has 4 aromatic rings. The van der Waals surface area contributed by atoms with Gasteiger partial charge in [-0.25, -0.2) is 19.0 Å². The molecule has 0 saturated carbocycles. The van der Waals surface area contributed by atoms with Crippen LogP contribution in [0.3, 0.4) is 0 Å². The maximum absolute atomic E-state index is 12.8. The molecule has 3 heterocycles. The molecule has 0 aliphatic heterocycles. The molecule has 0 aliphatic carbocycles. The molecular weight excluding hydrogens is 419 g/mol. The molecule has 0 spiro atoms. The Morgan fingerprint density at radius 1 is 1.10 bits per heavy atom. The van der Waals surface area contributed by atoms with Crippen LogP contribution in [0.5, 0.6) is 5.88 Å². The molecule has 30 heavy (non-hydrogen) atoms. The highest BCUT2D eigenvalue weighted by Crippen LogP contribution is 2.37. The average Bonchev–Trinajstić information content (AvgIpc) is 3.31. The van der Waals surface area contributed by atoms with Crippen LogP contribution in [-0.4, -0.2) is 34.5 Å². The Kier molecular flexibility index (Phi) is 5.12. The van der Waals surface area contributed by atoms with E-state index >= 15 is 0 Å². The monoisotopic (exact) mass is 433 g/mol. The number of alkyl halides is 3. The van der Waals surface area contributed by atoms with Crippen LogP contribution < -0.4 is 5.69 Å². The number of thioether (sulfide) groups is 1. The van der Waals surface area contributed by atoms with Gasteiger partial charge in [0.15, 0.2) is 5.82 Å². The predicted octanol–water partition coefficient (Wildman–Crippen LogP) is 3.59. The first kappa shape index (κ1) is 19.8. The summed E-state index contributed by atoms with van der Waals surface area (Å²) in [5.74, 6) is 0.254. The summed E-state index contributed by atoms with van der Waals surface area (Å²) in [6.45, 7) is 0.165. The summed E-state index contributed by atoms with van der Waals surface area (Å²) in [6.07, 6.45) is 6.22. The van der Waals surface area contributed by atoms with E-state index in [1.54, 1.807) is 41.5 Å². The van der Waals surface area contributed by atoms with Crippen molar-refractivity contribution in [3.63, 3.8) is 0 Å². The third kappa shape index (κ3) is 4.25. The second-order valence-corrected chi connectivity index (χ2v) is 7.39. The van der Waals surface area contributed by atoms with E-state index < -0.39 is 11.2 Å². The van der Waals surface area contributed by atoms with Gasteiger partial charge in [0.2, 0.25) is 5.88 Å². The largest absolute Gasteiger partial charge is 0.493 e. The number of benzene rings is 1. The van der Waals surface area contributed by atoms with Gasteiger partial charge in [-0.3, -0.25) is 4.57 Å². The summed E-state index contributed by atoms with van der Waals surface area (Å²) in [5, 5.41) is 14.3. The van der Waals surface area contributed by atoms with Gasteiger partial charge in [0.25, 0.3) is 0 Å². The fourth-order valence-electron chi connectivity index (χ4n) is 2.92. The Labute approximate surface area is 172 Å². The number of aromatic nitrogens is 5. The van der Waals surface area contributed by atoms with Crippen LogP contribution in [-0.2, 0) is 6.54 Å². The number of rotatable bonds is 5. The quantitative estimate of drug-likeness (QED) is 0.487. The first-order chi connectivity index (χ1) is 14.3. The molecule has 1 N–H and O–H groups in total. The molecule has 1 aromatic carbocycles. The molecule has 7 nitrogen and oxygen atoms in total. The molecule has 0 unspecified atom stereocenters. The van der Waals surface area contributed by atoms with Crippen molar-refractivity contribution >= 4 is 11.8 Å². The van der Waals surface area contributed by atoms with Crippen LogP contribution in [0, 0.1) is 0 Å². The third-order valence-corrected chi connectivity index (χ3v) is 4.91. The van der Waals surface area contributed by atoms with Crippen molar-refractivity contribution in [3.8, 4) is 17.4 Å². The van der Waals surface area contributed by atoms with Gasteiger partial charge in [-0.2, -0.15) is 18.3 Å². The number of hydrogen-bond donors (Lipinski definition) is 1. The Balaban J connectivity index is 1.60. The third-order valence-electron chi connectivity index (χ3n) is 4.17. The molecule has 0 aliphatic rings. The molecule has 4 rings (SSSR count). The second-order valence-electron chi connectivity index (χ2n) is 6.25. The molecule has 11 heteroatoms. The Bertz CT molecular complexity index is 1210. The van der Waals surface area contributed by atoms with Crippen molar-refractivity contribution in [1.82, 2.24) is 23.9 Å². The summed E-state index contributed by atoms with van der Waals surface area (Å²) < 4.78 is 41.3. The van der Waals surface area contributed by atoms with Gasteiger partial charge >= 0.3 is 11.2 Å². The van der Waals surface area contributed by atoms with E-state index in [4.69, 9.17) is 0 Å². The maximum atomic E-state index is 12.8. The number of nitrogens with zero attached hydrogens (tertiary/aromatic N) is 5. The van der Waals surface area contributed by atoms with Crippen LogP contribution in [0.1, 0.15) is 5.56 Å². The fraction of sp³-hybridized carbons (Fsp3) is 0.105. The number of imidazole rings is 1. The van der Waals surface area contributed by atoms with E-state index in [0.29, 0.717) is 5.82 Å². The number of halogens is 3. The van der Waals surface area contributed by atoms with Crippen LogP contribution in [0.2, 0.25) is 0 Å². The topological polar surface area (TPSA) is 77.9 Å². The van der Waals surface area contributed by atoms with Crippen LogP contribution in [0.25, 0.3) is 11.5 Å². The summed E-state index contributed by atoms with van der Waals surface area (Å²) in [6, 6.07) is 10.4. The molecule has 3 aromatic heterocycles. The minimum Gasteiger partial charge on any atom is -0.493 e. The van der Waals surface area contributed by atoms with Crippen molar-refractivity contribution in [2.75, 3.05) is 0 Å². The summed E-state index contributed by atoms with van der Waals surface area (Å²) in [7, 11) is 0. The Morgan fingerprint density at radius 3 is 2.53 bits per heavy atom. The number of hydrogen-bond acceptors (Lipinski definition) is 5. The molecule has 0 amide bonds.